The Bertz CT molecular complexity index is 1080. The highest BCUT2D eigenvalue weighted by molar-refractivity contribution is 8.93. The van der Waals surface area contributed by atoms with Crippen LogP contribution >= 0.6 is 28.7 Å². The maximum Gasteiger partial charge on any atom is 0.262 e. The van der Waals surface area contributed by atoms with E-state index in [2.05, 4.69) is 67.7 Å². The van der Waals surface area contributed by atoms with Gasteiger partial charge in [0, 0.05) is 24.5 Å². The number of hydrogen-bond acceptors (Lipinski definition) is 5. The van der Waals surface area contributed by atoms with Gasteiger partial charge in [-0.2, -0.15) is 0 Å². The molecule has 3 rings (SSSR count). The van der Waals surface area contributed by atoms with Crippen LogP contribution in [0.4, 0.5) is 5.69 Å². The van der Waals surface area contributed by atoms with E-state index in [-0.39, 0.29) is 34.9 Å². The molecule has 1 aliphatic rings. The molecule has 0 spiro atoms. The smallest absolute Gasteiger partial charge is 0.262 e. The van der Waals surface area contributed by atoms with Gasteiger partial charge < -0.3 is 19.7 Å². The molecule has 2 aromatic carbocycles. The van der Waals surface area contributed by atoms with Crippen molar-refractivity contribution in [2.75, 3.05) is 24.4 Å². The van der Waals surface area contributed by atoms with Crippen LogP contribution in [-0.2, 0) is 16.8 Å². The van der Waals surface area contributed by atoms with Crippen molar-refractivity contribution in [1.29, 1.82) is 0 Å². The van der Waals surface area contributed by atoms with E-state index < -0.39 is 0 Å². The summed E-state index contributed by atoms with van der Waals surface area (Å²) in [5.41, 5.74) is 3.10. The zero-order valence-corrected chi connectivity index (χ0v) is 29.5. The molecule has 0 aromatic heterocycles. The Balaban J connectivity index is 0.00000645. The molecule has 7 heteroatoms. The zero-order valence-electron chi connectivity index (χ0n) is 27.0. The molecule has 0 bridgehead atoms. The molecule has 43 heavy (non-hydrogen) atoms. The number of carbonyl (C=O) groups excluding carboxylic acids is 1. The first-order chi connectivity index (χ1) is 20.3. The van der Waals surface area contributed by atoms with Crippen molar-refractivity contribution >= 4 is 40.3 Å². The van der Waals surface area contributed by atoms with Crippen LogP contribution in [0.5, 0.6) is 11.5 Å². The molecule has 1 N–H and O–H groups in total. The third-order valence-electron chi connectivity index (χ3n) is 7.62. The highest BCUT2D eigenvalue weighted by Gasteiger charge is 2.20. The quantitative estimate of drug-likeness (QED) is 0.142. The summed E-state index contributed by atoms with van der Waals surface area (Å²) in [4.78, 5) is 14.8. The predicted octanol–water partition coefficient (Wildman–Crippen LogP) is 10.6. The number of rotatable bonds is 20. The van der Waals surface area contributed by atoms with Gasteiger partial charge in [-0.1, -0.05) is 117 Å². The Labute approximate surface area is 276 Å². The van der Waals surface area contributed by atoms with Gasteiger partial charge in [0.25, 0.3) is 5.91 Å². The zero-order chi connectivity index (χ0) is 30.0. The number of benzene rings is 2. The van der Waals surface area contributed by atoms with Gasteiger partial charge in [0.1, 0.15) is 11.5 Å². The lowest BCUT2D eigenvalue weighted by Crippen LogP contribution is -2.20. The first-order valence-corrected chi connectivity index (χ1v) is 17.2. The van der Waals surface area contributed by atoms with E-state index in [0.29, 0.717) is 12.4 Å². The number of halogens is 1. The molecule has 0 radical (unpaired) electrons. The highest BCUT2D eigenvalue weighted by atomic mass is 79.9. The summed E-state index contributed by atoms with van der Waals surface area (Å²) in [6, 6.07) is 13.9. The van der Waals surface area contributed by atoms with E-state index in [1.165, 1.54) is 76.2 Å². The van der Waals surface area contributed by atoms with Gasteiger partial charge in [0.2, 0.25) is 0 Å². The molecule has 1 heterocycles. The Morgan fingerprint density at radius 1 is 0.860 bits per heavy atom. The lowest BCUT2D eigenvalue weighted by atomic mass is 9.86. The summed E-state index contributed by atoms with van der Waals surface area (Å²) in [7, 11) is 0. The maximum absolute atomic E-state index is 12.6. The second-order valence-electron chi connectivity index (χ2n) is 12.5. The molecule has 1 aliphatic heterocycles. The highest BCUT2D eigenvalue weighted by Crippen LogP contribution is 2.34. The summed E-state index contributed by atoms with van der Waals surface area (Å²) < 4.78 is 12.1. The van der Waals surface area contributed by atoms with Crippen LogP contribution in [0.25, 0.3) is 0 Å². The Morgan fingerprint density at radius 3 is 2.07 bits per heavy atom. The number of hydrogen-bond donors (Lipinski definition) is 1. The van der Waals surface area contributed by atoms with Crippen molar-refractivity contribution in [2.24, 2.45) is 0 Å². The van der Waals surface area contributed by atoms with Crippen LogP contribution in [0.2, 0.25) is 0 Å². The summed E-state index contributed by atoms with van der Waals surface area (Å²) in [5, 5.41) is 5.05. The lowest BCUT2D eigenvalue weighted by Gasteiger charge is -2.23. The van der Waals surface area contributed by atoms with Crippen molar-refractivity contribution in [3.05, 3.63) is 65.2 Å². The van der Waals surface area contributed by atoms with E-state index in [9.17, 15) is 4.79 Å². The molecule has 2 aromatic rings. The van der Waals surface area contributed by atoms with Gasteiger partial charge in [-0.15, -0.1) is 28.7 Å². The van der Waals surface area contributed by atoms with Gasteiger partial charge in [0.05, 0.1) is 12.5 Å². The van der Waals surface area contributed by atoms with E-state index in [4.69, 9.17) is 9.47 Å². The van der Waals surface area contributed by atoms with Crippen molar-refractivity contribution < 1.29 is 14.3 Å². The molecule has 5 nitrogen and oxygen atoms in total. The van der Waals surface area contributed by atoms with Gasteiger partial charge in [-0.05, 0) is 46.6 Å². The van der Waals surface area contributed by atoms with E-state index in [1.807, 2.05) is 24.3 Å². The fraction of sp³-hybridized carbons (Fsp3) is 0.583. The number of ether oxygens (including phenoxy) is 2. The normalized spacial score (nSPS) is 12.7. The average Bonchev–Trinajstić information content (AvgIpc) is 3.48. The van der Waals surface area contributed by atoms with Gasteiger partial charge in [-0.25, -0.2) is 0 Å². The standard InChI is InChI=1S/C36H54N2O3S.BrH/c1-5-6-7-8-9-10-11-12-13-14-15-16-24-40-34-26-32(21-22-33(34)36(2,3)4)41-28-35(39)37-31-19-17-30(18-20-31)27-38-23-25-42-29-38;/h17-23,25-26H,5-16,24,27-29H2,1-4H3,(H,37,39);1H. The number of unbranched alkanes of at least 4 members (excludes halogenated alkanes) is 11. The third-order valence-corrected chi connectivity index (χ3v) is 8.41. The Kier molecular flexibility index (Phi) is 17.9. The summed E-state index contributed by atoms with van der Waals surface area (Å²) in [5.74, 6) is 2.30. The van der Waals surface area contributed by atoms with Crippen LogP contribution in [0, 0.1) is 0 Å². The Morgan fingerprint density at radius 2 is 1.49 bits per heavy atom. The minimum Gasteiger partial charge on any atom is -0.493 e. The molecule has 240 valence electrons. The minimum atomic E-state index is -0.180. The molecule has 1 amide bonds. The largest absolute Gasteiger partial charge is 0.493 e. The first kappa shape index (κ1) is 37.1. The van der Waals surface area contributed by atoms with Crippen LogP contribution < -0.4 is 14.8 Å². The molecule has 0 unspecified atom stereocenters. The molecular formula is C36H55BrN2O3S. The fourth-order valence-corrected chi connectivity index (χ4v) is 5.85. The summed E-state index contributed by atoms with van der Waals surface area (Å²) in [6.45, 7) is 10.4. The summed E-state index contributed by atoms with van der Waals surface area (Å²) in [6.07, 6.45) is 18.0. The van der Waals surface area contributed by atoms with Crippen molar-refractivity contribution in [2.45, 2.75) is 117 Å². The monoisotopic (exact) mass is 674 g/mol. The number of thioether (sulfide) groups is 1. The molecule has 0 fully saturated rings. The number of nitrogens with zero attached hydrogens (tertiary/aromatic N) is 1. The lowest BCUT2D eigenvalue weighted by molar-refractivity contribution is -0.118. The fourth-order valence-electron chi connectivity index (χ4n) is 5.14. The maximum atomic E-state index is 12.6. The molecule has 0 atom stereocenters. The predicted molar refractivity (Wildman–Crippen MR) is 190 cm³/mol. The SMILES string of the molecule is Br.CCCCCCCCCCCCCCOc1cc(OCC(=O)Nc2ccc(CN3C=CSC3)cc2)ccc1C(C)(C)C. The summed E-state index contributed by atoms with van der Waals surface area (Å²) >= 11 is 1.80. The molecular weight excluding hydrogens is 620 g/mol. The van der Waals surface area contributed by atoms with Crippen LogP contribution in [0.1, 0.15) is 116 Å². The van der Waals surface area contributed by atoms with E-state index >= 15 is 0 Å². The molecule has 0 saturated carbocycles. The third kappa shape index (κ3) is 14.9. The number of amides is 1. The molecule has 0 saturated heterocycles. The van der Waals surface area contributed by atoms with Crippen LogP contribution in [0.15, 0.2) is 54.1 Å². The number of anilines is 1. The van der Waals surface area contributed by atoms with Gasteiger partial charge >= 0.3 is 0 Å². The van der Waals surface area contributed by atoms with Crippen molar-refractivity contribution in [3.8, 4) is 11.5 Å². The molecule has 0 aliphatic carbocycles. The minimum absolute atomic E-state index is 0. The Hall–Kier alpha value is -2.12. The number of carbonyl (C=O) groups is 1. The van der Waals surface area contributed by atoms with Crippen molar-refractivity contribution in [1.82, 2.24) is 4.90 Å². The van der Waals surface area contributed by atoms with Crippen LogP contribution in [-0.4, -0.2) is 29.9 Å². The van der Waals surface area contributed by atoms with Gasteiger partial charge in [-0.3, -0.25) is 4.79 Å². The average molecular weight is 676 g/mol. The van der Waals surface area contributed by atoms with Crippen molar-refractivity contribution in [3.63, 3.8) is 0 Å². The topological polar surface area (TPSA) is 50.8 Å². The van der Waals surface area contributed by atoms with Gasteiger partial charge in [0.15, 0.2) is 6.61 Å². The second-order valence-corrected chi connectivity index (χ2v) is 13.4. The first-order valence-electron chi connectivity index (χ1n) is 16.2. The number of nitrogens with one attached hydrogen (secondary N) is 1. The van der Waals surface area contributed by atoms with E-state index in [1.54, 1.807) is 11.8 Å². The van der Waals surface area contributed by atoms with Crippen LogP contribution in [0.3, 0.4) is 0 Å². The van der Waals surface area contributed by atoms with E-state index in [0.717, 1.165) is 35.8 Å². The second kappa shape index (κ2) is 20.8.